The minimum absolute atomic E-state index is 0.624. The van der Waals surface area contributed by atoms with Gasteiger partial charge in [0.1, 0.15) is 0 Å². The number of nitrogens with zero attached hydrogens (tertiary/aromatic N) is 4. The fourth-order valence-electron chi connectivity index (χ4n) is 6.11. The van der Waals surface area contributed by atoms with E-state index < -0.39 is 17.7 Å². The maximum Gasteiger partial charge on any atom is 0.337 e. The maximum atomic E-state index is 12.9. The zero-order valence-electron chi connectivity index (χ0n) is 23.6. The minimum atomic E-state index is -1.18. The molecule has 0 unspecified atom stereocenters. The number of imidazole rings is 1. The lowest BCUT2D eigenvalue weighted by Gasteiger charge is -2.35. The van der Waals surface area contributed by atoms with E-state index in [0.717, 1.165) is 62.5 Å². The van der Waals surface area contributed by atoms with E-state index in [1.807, 2.05) is 77.2 Å². The summed E-state index contributed by atoms with van der Waals surface area (Å²) in [5, 5.41) is 12.2. The van der Waals surface area contributed by atoms with Crippen LogP contribution in [-0.4, -0.2) is 37.3 Å². The summed E-state index contributed by atoms with van der Waals surface area (Å²) >= 11 is 6.27. The molecular weight excluding hydrogens is 524 g/mol. The first-order chi connectivity index (χ1) is 19.0. The molecular formula is C32H33ClN4O3. The Kier molecular flexibility index (Phi) is 6.20. The van der Waals surface area contributed by atoms with Gasteiger partial charge < -0.3 is 23.9 Å². The second-order valence-electron chi connectivity index (χ2n) is 11.5. The SMILES string of the molecule is Cc1c([C@H](OC(C)(C)C)C(=O)O)c(-c2ccc(Cl)cc2)c2cc(C)n3c2c1N(c1nc2ccccc2n1C)CC3. The van der Waals surface area contributed by atoms with Gasteiger partial charge in [-0.3, -0.25) is 0 Å². The molecule has 0 radical (unpaired) electrons. The molecule has 1 N–H and O–H groups in total. The van der Waals surface area contributed by atoms with Crippen LogP contribution in [0.15, 0.2) is 54.6 Å². The molecule has 1 atom stereocenters. The van der Waals surface area contributed by atoms with Crippen molar-refractivity contribution in [2.45, 2.75) is 52.9 Å². The van der Waals surface area contributed by atoms with Crippen molar-refractivity contribution in [3.8, 4) is 11.1 Å². The van der Waals surface area contributed by atoms with E-state index in [4.69, 9.17) is 21.3 Å². The Morgan fingerprint density at radius 3 is 2.42 bits per heavy atom. The van der Waals surface area contributed by atoms with Gasteiger partial charge in [0.15, 0.2) is 6.10 Å². The fourth-order valence-corrected chi connectivity index (χ4v) is 6.23. The summed E-state index contributed by atoms with van der Waals surface area (Å²) in [6.07, 6.45) is -1.18. The average Bonchev–Trinajstić information content (AvgIpc) is 3.41. The van der Waals surface area contributed by atoms with E-state index in [2.05, 4.69) is 33.1 Å². The van der Waals surface area contributed by atoms with Crippen LogP contribution in [0.4, 0.5) is 11.6 Å². The lowest BCUT2D eigenvalue weighted by molar-refractivity contribution is -0.160. The number of carboxylic acid groups (broad SMARTS) is 1. The first-order valence-corrected chi connectivity index (χ1v) is 13.9. The molecule has 0 bridgehead atoms. The number of fused-ring (bicyclic) bond motifs is 1. The van der Waals surface area contributed by atoms with Gasteiger partial charge in [0.05, 0.1) is 27.8 Å². The van der Waals surface area contributed by atoms with Crippen LogP contribution >= 0.6 is 11.6 Å². The second kappa shape index (κ2) is 9.39. The highest BCUT2D eigenvalue weighted by molar-refractivity contribution is 6.30. The number of rotatable bonds is 5. The standard InChI is InChI=1S/C32H33ClN4O3/c1-18-17-22-26(20-11-13-21(33)14-12-20)25(29(30(38)39)40-32(3,4)5)19(2)27-28(22)36(18)15-16-37(27)31-34-23-9-7-8-10-24(23)35(31)6/h7-14,17,29H,15-16H2,1-6H3,(H,38,39)/t29-/m0/s1. The topological polar surface area (TPSA) is 72.5 Å². The summed E-state index contributed by atoms with van der Waals surface area (Å²) in [5.74, 6) is -0.203. The third-order valence-electron chi connectivity index (χ3n) is 7.74. The third kappa shape index (κ3) is 4.16. The number of carbonyl (C=O) groups is 1. The number of hydrogen-bond acceptors (Lipinski definition) is 4. The van der Waals surface area contributed by atoms with E-state index in [9.17, 15) is 9.90 Å². The molecule has 0 saturated heterocycles. The van der Waals surface area contributed by atoms with Crippen molar-refractivity contribution >= 4 is 51.1 Å². The first kappa shape index (κ1) is 26.4. The van der Waals surface area contributed by atoms with Gasteiger partial charge in [-0.2, -0.15) is 0 Å². The molecule has 1 aliphatic heterocycles. The molecule has 3 heterocycles. The molecule has 2 aromatic heterocycles. The normalized spacial score (nSPS) is 14.3. The summed E-state index contributed by atoms with van der Waals surface area (Å²) in [6, 6.07) is 17.9. The number of carboxylic acids is 1. The number of hydrogen-bond donors (Lipinski definition) is 1. The van der Waals surface area contributed by atoms with Gasteiger partial charge >= 0.3 is 5.97 Å². The molecule has 3 aromatic carbocycles. The predicted octanol–water partition coefficient (Wildman–Crippen LogP) is 7.56. The molecule has 0 spiro atoms. The summed E-state index contributed by atoms with van der Waals surface area (Å²) < 4.78 is 10.7. The van der Waals surface area contributed by atoms with Gasteiger partial charge in [-0.1, -0.05) is 35.9 Å². The summed E-state index contributed by atoms with van der Waals surface area (Å²) in [6.45, 7) is 11.3. The zero-order chi connectivity index (χ0) is 28.5. The van der Waals surface area contributed by atoms with Crippen molar-refractivity contribution in [2.75, 3.05) is 11.4 Å². The molecule has 0 saturated carbocycles. The molecule has 8 heteroatoms. The van der Waals surface area contributed by atoms with Crippen molar-refractivity contribution < 1.29 is 14.6 Å². The van der Waals surface area contributed by atoms with Gasteiger partial charge in [-0.25, -0.2) is 9.78 Å². The molecule has 40 heavy (non-hydrogen) atoms. The molecule has 0 amide bonds. The highest BCUT2D eigenvalue weighted by Crippen LogP contribution is 2.49. The number of aryl methyl sites for hydroxylation is 2. The monoisotopic (exact) mass is 556 g/mol. The largest absolute Gasteiger partial charge is 0.479 e. The Morgan fingerprint density at radius 1 is 1.07 bits per heavy atom. The number of para-hydroxylation sites is 2. The molecule has 7 nitrogen and oxygen atoms in total. The average molecular weight is 557 g/mol. The van der Waals surface area contributed by atoms with E-state index in [0.29, 0.717) is 17.1 Å². The van der Waals surface area contributed by atoms with Crippen LogP contribution in [0, 0.1) is 13.8 Å². The van der Waals surface area contributed by atoms with Crippen molar-refractivity contribution in [2.24, 2.45) is 7.05 Å². The first-order valence-electron chi connectivity index (χ1n) is 13.5. The zero-order valence-corrected chi connectivity index (χ0v) is 24.4. The second-order valence-corrected chi connectivity index (χ2v) is 12.0. The van der Waals surface area contributed by atoms with Crippen LogP contribution in [0.2, 0.25) is 5.02 Å². The number of aromatic nitrogens is 3. The molecule has 5 aromatic rings. The molecule has 0 aliphatic carbocycles. The highest BCUT2D eigenvalue weighted by Gasteiger charge is 2.37. The van der Waals surface area contributed by atoms with Crippen molar-refractivity contribution in [3.63, 3.8) is 0 Å². The van der Waals surface area contributed by atoms with Gasteiger partial charge in [0.25, 0.3) is 0 Å². The lowest BCUT2D eigenvalue weighted by atomic mass is 9.87. The Morgan fingerprint density at radius 2 is 1.77 bits per heavy atom. The Balaban J connectivity index is 1.73. The van der Waals surface area contributed by atoms with Crippen LogP contribution in [0.5, 0.6) is 0 Å². The highest BCUT2D eigenvalue weighted by atomic mass is 35.5. The van der Waals surface area contributed by atoms with Gasteiger partial charge in [-0.15, -0.1) is 0 Å². The number of anilines is 2. The van der Waals surface area contributed by atoms with Crippen LogP contribution in [0.25, 0.3) is 33.1 Å². The number of benzene rings is 3. The lowest BCUT2D eigenvalue weighted by Crippen LogP contribution is -2.32. The van der Waals surface area contributed by atoms with Gasteiger partial charge in [-0.05, 0) is 81.6 Å². The van der Waals surface area contributed by atoms with Gasteiger partial charge in [0.2, 0.25) is 5.95 Å². The Hall–Kier alpha value is -3.81. The summed E-state index contributed by atoms with van der Waals surface area (Å²) in [4.78, 5) is 20.2. The maximum absolute atomic E-state index is 12.9. The smallest absolute Gasteiger partial charge is 0.337 e. The van der Waals surface area contributed by atoms with E-state index >= 15 is 0 Å². The van der Waals surface area contributed by atoms with Gasteiger partial charge in [0, 0.05) is 41.8 Å². The van der Waals surface area contributed by atoms with Crippen LogP contribution < -0.4 is 4.90 Å². The van der Waals surface area contributed by atoms with E-state index in [1.54, 1.807) is 0 Å². The molecule has 6 rings (SSSR count). The van der Waals surface area contributed by atoms with Crippen LogP contribution in [0.3, 0.4) is 0 Å². The summed E-state index contributed by atoms with van der Waals surface area (Å²) in [5.41, 5.74) is 7.70. The van der Waals surface area contributed by atoms with E-state index in [1.165, 1.54) is 0 Å². The van der Waals surface area contributed by atoms with Crippen molar-refractivity contribution in [3.05, 3.63) is 76.4 Å². The van der Waals surface area contributed by atoms with Crippen molar-refractivity contribution in [1.82, 2.24) is 14.1 Å². The van der Waals surface area contributed by atoms with Crippen LogP contribution in [0.1, 0.15) is 43.7 Å². The third-order valence-corrected chi connectivity index (χ3v) is 7.99. The van der Waals surface area contributed by atoms with E-state index in [-0.39, 0.29) is 0 Å². The molecule has 206 valence electrons. The number of halogens is 1. The fraction of sp³-hybridized carbons (Fsp3) is 0.312. The quantitative estimate of drug-likeness (QED) is 0.242. The predicted molar refractivity (Wildman–Crippen MR) is 161 cm³/mol. The van der Waals surface area contributed by atoms with Crippen molar-refractivity contribution in [1.29, 1.82) is 0 Å². The van der Waals surface area contributed by atoms with Crippen LogP contribution in [-0.2, 0) is 23.1 Å². The molecule has 1 aliphatic rings. The Labute approximate surface area is 238 Å². The molecule has 0 fully saturated rings. The number of ether oxygens (including phenoxy) is 1. The summed E-state index contributed by atoms with van der Waals surface area (Å²) in [7, 11) is 2.03. The minimum Gasteiger partial charge on any atom is -0.479 e. The Bertz CT molecular complexity index is 1790. The number of aliphatic carboxylic acids is 1.